The molecule has 0 spiro atoms. The Labute approximate surface area is 163 Å². The first-order valence-electron chi connectivity index (χ1n) is 8.84. The van der Waals surface area contributed by atoms with Gasteiger partial charge in [-0.3, -0.25) is 4.79 Å². The Morgan fingerprint density at radius 3 is 2.54 bits per heavy atom. The quantitative estimate of drug-likeness (QED) is 0.625. The number of hydrogen-bond acceptors (Lipinski definition) is 6. The maximum Gasteiger partial charge on any atom is 0.274 e. The molecule has 3 rings (SSSR count). The number of anilines is 2. The Morgan fingerprint density at radius 1 is 1.00 bits per heavy atom. The highest BCUT2D eigenvalue weighted by Gasteiger charge is 2.09. The Bertz CT molecular complexity index is 932. The Morgan fingerprint density at radius 2 is 1.79 bits per heavy atom. The Balaban J connectivity index is 1.58. The standard InChI is InChI=1S/C21H22N4O3/c1-27-18-9-8-15(14-19(18)28-2)10-12-22-21-23-13-11-17(25-21)20(26)24-16-6-4-3-5-7-16/h3-9,11,13-14H,10,12H2,1-2H3,(H,24,26)(H,22,23,25). The minimum atomic E-state index is -0.281. The van der Waals surface area contributed by atoms with Gasteiger partial charge in [0, 0.05) is 18.4 Å². The number of nitrogens with one attached hydrogen (secondary N) is 2. The number of amides is 1. The van der Waals surface area contributed by atoms with Gasteiger partial charge >= 0.3 is 0 Å². The third-order valence-corrected chi connectivity index (χ3v) is 4.06. The third kappa shape index (κ3) is 4.97. The molecule has 0 saturated heterocycles. The van der Waals surface area contributed by atoms with Crippen molar-refractivity contribution in [2.45, 2.75) is 6.42 Å². The Hall–Kier alpha value is -3.61. The van der Waals surface area contributed by atoms with Crippen LogP contribution in [0.15, 0.2) is 60.8 Å². The first-order chi connectivity index (χ1) is 13.7. The van der Waals surface area contributed by atoms with Crippen molar-refractivity contribution in [1.82, 2.24) is 9.97 Å². The highest BCUT2D eigenvalue weighted by molar-refractivity contribution is 6.02. The van der Waals surface area contributed by atoms with Gasteiger partial charge in [0.2, 0.25) is 5.95 Å². The summed E-state index contributed by atoms with van der Waals surface area (Å²) in [6.45, 7) is 0.610. The van der Waals surface area contributed by atoms with E-state index >= 15 is 0 Å². The van der Waals surface area contributed by atoms with Crippen LogP contribution in [0.5, 0.6) is 11.5 Å². The van der Waals surface area contributed by atoms with Gasteiger partial charge in [-0.15, -0.1) is 0 Å². The first kappa shape index (κ1) is 19.2. The van der Waals surface area contributed by atoms with Crippen LogP contribution in [0.4, 0.5) is 11.6 Å². The fourth-order valence-corrected chi connectivity index (χ4v) is 2.64. The second-order valence-electron chi connectivity index (χ2n) is 5.95. The van der Waals surface area contributed by atoms with E-state index in [1.807, 2.05) is 48.5 Å². The zero-order chi connectivity index (χ0) is 19.8. The molecule has 7 heteroatoms. The Kier molecular flexibility index (Phi) is 6.41. The van der Waals surface area contributed by atoms with Crippen molar-refractivity contribution < 1.29 is 14.3 Å². The van der Waals surface area contributed by atoms with Crippen LogP contribution in [0.1, 0.15) is 16.1 Å². The van der Waals surface area contributed by atoms with Crippen molar-refractivity contribution in [3.63, 3.8) is 0 Å². The summed E-state index contributed by atoms with van der Waals surface area (Å²) in [5, 5.41) is 5.95. The van der Waals surface area contributed by atoms with E-state index in [-0.39, 0.29) is 5.91 Å². The molecule has 28 heavy (non-hydrogen) atoms. The molecule has 0 atom stereocenters. The van der Waals surface area contributed by atoms with Crippen LogP contribution in [0, 0.1) is 0 Å². The van der Waals surface area contributed by atoms with Crippen LogP contribution in [-0.2, 0) is 6.42 Å². The van der Waals surface area contributed by atoms with E-state index in [0.717, 1.165) is 12.0 Å². The predicted molar refractivity (Wildman–Crippen MR) is 108 cm³/mol. The number of para-hydroxylation sites is 1. The summed E-state index contributed by atoms with van der Waals surface area (Å²) in [5.41, 5.74) is 2.10. The number of nitrogens with zero attached hydrogens (tertiary/aromatic N) is 2. The van der Waals surface area contributed by atoms with Gasteiger partial charge in [0.25, 0.3) is 5.91 Å². The van der Waals surface area contributed by atoms with Crippen molar-refractivity contribution in [2.24, 2.45) is 0 Å². The number of aromatic nitrogens is 2. The van der Waals surface area contributed by atoms with Crippen LogP contribution in [-0.4, -0.2) is 36.6 Å². The van der Waals surface area contributed by atoms with Gasteiger partial charge in [0.15, 0.2) is 11.5 Å². The normalized spacial score (nSPS) is 10.2. The molecule has 1 aromatic heterocycles. The molecule has 1 amide bonds. The molecular formula is C21H22N4O3. The number of carbonyl (C=O) groups excluding carboxylic acids is 1. The maximum absolute atomic E-state index is 12.3. The molecule has 0 fully saturated rings. The van der Waals surface area contributed by atoms with E-state index in [4.69, 9.17) is 9.47 Å². The van der Waals surface area contributed by atoms with E-state index in [2.05, 4.69) is 20.6 Å². The summed E-state index contributed by atoms with van der Waals surface area (Å²) in [7, 11) is 3.22. The first-order valence-corrected chi connectivity index (χ1v) is 8.84. The van der Waals surface area contributed by atoms with E-state index in [9.17, 15) is 4.79 Å². The van der Waals surface area contributed by atoms with E-state index in [1.165, 1.54) is 0 Å². The maximum atomic E-state index is 12.3. The number of hydrogen-bond donors (Lipinski definition) is 2. The minimum absolute atomic E-state index is 0.281. The van der Waals surface area contributed by atoms with Gasteiger partial charge in [-0.1, -0.05) is 24.3 Å². The molecule has 0 aliphatic heterocycles. The van der Waals surface area contributed by atoms with Crippen molar-refractivity contribution >= 4 is 17.5 Å². The highest BCUT2D eigenvalue weighted by Crippen LogP contribution is 2.27. The lowest BCUT2D eigenvalue weighted by atomic mass is 10.1. The molecule has 3 aromatic rings. The summed E-state index contributed by atoms with van der Waals surface area (Å²) in [6.07, 6.45) is 2.30. The molecule has 0 radical (unpaired) electrons. The molecule has 7 nitrogen and oxygen atoms in total. The van der Waals surface area contributed by atoms with Gasteiger partial charge in [-0.25, -0.2) is 9.97 Å². The number of carbonyl (C=O) groups is 1. The lowest BCUT2D eigenvalue weighted by molar-refractivity contribution is 0.102. The summed E-state index contributed by atoms with van der Waals surface area (Å²) >= 11 is 0. The van der Waals surface area contributed by atoms with Crippen LogP contribution >= 0.6 is 0 Å². The third-order valence-electron chi connectivity index (χ3n) is 4.06. The van der Waals surface area contributed by atoms with Crippen molar-refractivity contribution in [3.8, 4) is 11.5 Å². The van der Waals surface area contributed by atoms with Gasteiger partial charge < -0.3 is 20.1 Å². The smallest absolute Gasteiger partial charge is 0.274 e. The largest absolute Gasteiger partial charge is 0.493 e. The van der Waals surface area contributed by atoms with Crippen LogP contribution < -0.4 is 20.1 Å². The SMILES string of the molecule is COc1ccc(CCNc2nccc(C(=O)Nc3ccccc3)n2)cc1OC. The molecule has 1 heterocycles. The van der Waals surface area contributed by atoms with Gasteiger partial charge in [0.05, 0.1) is 14.2 Å². The molecule has 0 unspecified atom stereocenters. The van der Waals surface area contributed by atoms with Crippen LogP contribution in [0.25, 0.3) is 0 Å². The van der Waals surface area contributed by atoms with Gasteiger partial charge in [-0.05, 0) is 42.3 Å². The summed E-state index contributed by atoms with van der Waals surface area (Å²) in [6, 6.07) is 16.6. The van der Waals surface area contributed by atoms with E-state index < -0.39 is 0 Å². The summed E-state index contributed by atoms with van der Waals surface area (Å²) in [4.78, 5) is 20.8. The fourth-order valence-electron chi connectivity index (χ4n) is 2.64. The number of benzene rings is 2. The molecule has 0 bridgehead atoms. The lowest BCUT2D eigenvalue weighted by Crippen LogP contribution is -2.16. The topological polar surface area (TPSA) is 85.4 Å². The molecular weight excluding hydrogens is 356 g/mol. The zero-order valence-electron chi connectivity index (χ0n) is 15.8. The van der Waals surface area contributed by atoms with Crippen LogP contribution in [0.2, 0.25) is 0 Å². The lowest BCUT2D eigenvalue weighted by Gasteiger charge is -2.10. The average Bonchev–Trinajstić information content (AvgIpc) is 2.74. The van der Waals surface area contributed by atoms with Crippen LogP contribution in [0.3, 0.4) is 0 Å². The molecule has 0 aliphatic carbocycles. The zero-order valence-corrected chi connectivity index (χ0v) is 15.8. The average molecular weight is 378 g/mol. The van der Waals surface area contributed by atoms with Crippen molar-refractivity contribution in [1.29, 1.82) is 0 Å². The van der Waals surface area contributed by atoms with E-state index in [0.29, 0.717) is 35.4 Å². The molecule has 0 aliphatic rings. The van der Waals surface area contributed by atoms with Gasteiger partial charge in [-0.2, -0.15) is 0 Å². The molecule has 144 valence electrons. The second-order valence-corrected chi connectivity index (χ2v) is 5.95. The van der Waals surface area contributed by atoms with E-state index in [1.54, 1.807) is 26.5 Å². The van der Waals surface area contributed by atoms with Gasteiger partial charge in [0.1, 0.15) is 5.69 Å². The summed E-state index contributed by atoms with van der Waals surface area (Å²) < 4.78 is 10.6. The molecule has 2 aromatic carbocycles. The number of methoxy groups -OCH3 is 2. The summed E-state index contributed by atoms with van der Waals surface area (Å²) in [5.74, 6) is 1.51. The molecule has 2 N–H and O–H groups in total. The van der Waals surface area contributed by atoms with Crippen molar-refractivity contribution in [3.05, 3.63) is 72.1 Å². The predicted octanol–water partition coefficient (Wildman–Crippen LogP) is 3.40. The fraction of sp³-hybridized carbons (Fsp3) is 0.190. The second kappa shape index (κ2) is 9.36. The number of rotatable bonds is 8. The highest BCUT2D eigenvalue weighted by atomic mass is 16.5. The monoisotopic (exact) mass is 378 g/mol. The minimum Gasteiger partial charge on any atom is -0.493 e. The molecule has 0 saturated carbocycles. The van der Waals surface area contributed by atoms with Crippen molar-refractivity contribution in [2.75, 3.05) is 31.4 Å². The number of ether oxygens (including phenoxy) is 2.